The number of rotatable bonds is 13. The van der Waals surface area contributed by atoms with Gasteiger partial charge in [0.2, 0.25) is 0 Å². The molecule has 13 heteroatoms. The molecule has 45 heavy (non-hydrogen) atoms. The Morgan fingerprint density at radius 2 is 1.76 bits per heavy atom. The number of ether oxygens (including phenoxy) is 4. The molecule has 0 saturated heterocycles. The number of methoxy groups -OCH3 is 1. The minimum absolute atomic E-state index is 0.180. The van der Waals surface area contributed by atoms with Crippen molar-refractivity contribution in [3.8, 4) is 17.2 Å². The molecule has 0 aromatic heterocycles. The quantitative estimate of drug-likeness (QED) is 0.0830. The third kappa shape index (κ3) is 8.81. The van der Waals surface area contributed by atoms with Crippen molar-refractivity contribution in [3.63, 3.8) is 0 Å². The van der Waals surface area contributed by atoms with Gasteiger partial charge in [-0.1, -0.05) is 59.1 Å². The first-order chi connectivity index (χ1) is 21.6. The molecule has 1 aliphatic rings. The summed E-state index contributed by atoms with van der Waals surface area (Å²) in [5, 5.41) is 20.4. The standard InChI is InChI=1S/C32H34Cl2N4O7/c1-5-43-26-14-22(29-28(31(40)42-4)19(3)36-32(41)37-29)10-11-25(26)44-17-27(39)38-35-15-21-12-23(33)30(24(34)13-21)45-16-20-8-6-18(2)7-9-20/h6-15,27,29,38-39H,5,16-17H2,1-4H3,(H2,36,37,41)/b35-15-/t27-,29+/m0/s1. The fourth-order valence-corrected chi connectivity index (χ4v) is 5.06. The summed E-state index contributed by atoms with van der Waals surface area (Å²) in [6.07, 6.45) is 0.269. The first kappa shape index (κ1) is 33.4. The van der Waals surface area contributed by atoms with Crippen LogP contribution in [0.4, 0.5) is 4.79 Å². The molecule has 0 spiro atoms. The molecule has 0 saturated carbocycles. The maximum atomic E-state index is 12.4. The minimum atomic E-state index is -1.18. The zero-order valence-electron chi connectivity index (χ0n) is 25.1. The number of nitrogens with one attached hydrogen (secondary N) is 3. The topological polar surface area (TPSA) is 140 Å². The van der Waals surface area contributed by atoms with E-state index >= 15 is 0 Å². The number of aliphatic hydroxyl groups excluding tert-OH is 1. The summed E-state index contributed by atoms with van der Waals surface area (Å²) >= 11 is 12.8. The van der Waals surface area contributed by atoms with Gasteiger partial charge in [0.1, 0.15) is 13.2 Å². The monoisotopic (exact) mass is 656 g/mol. The molecule has 238 valence electrons. The summed E-state index contributed by atoms with van der Waals surface area (Å²) in [6, 6.07) is 15.0. The Labute approximate surface area is 271 Å². The number of hydrogen-bond acceptors (Lipinski definition) is 9. The Kier molecular flexibility index (Phi) is 11.5. The van der Waals surface area contributed by atoms with Crippen molar-refractivity contribution in [1.82, 2.24) is 16.1 Å². The van der Waals surface area contributed by atoms with Crippen LogP contribution in [0.1, 0.15) is 42.1 Å². The van der Waals surface area contributed by atoms with Gasteiger partial charge in [0, 0.05) is 5.70 Å². The van der Waals surface area contributed by atoms with Crippen molar-refractivity contribution in [2.24, 2.45) is 5.10 Å². The lowest BCUT2D eigenvalue weighted by molar-refractivity contribution is -0.136. The summed E-state index contributed by atoms with van der Waals surface area (Å²) in [7, 11) is 1.27. The highest BCUT2D eigenvalue weighted by atomic mass is 35.5. The van der Waals surface area contributed by atoms with Gasteiger partial charge in [-0.05, 0) is 61.7 Å². The Balaban J connectivity index is 1.37. The molecule has 11 nitrogen and oxygen atoms in total. The minimum Gasteiger partial charge on any atom is -0.490 e. The zero-order chi connectivity index (χ0) is 32.5. The summed E-state index contributed by atoms with van der Waals surface area (Å²) in [6.45, 7) is 5.90. The Hall–Kier alpha value is -4.45. The summed E-state index contributed by atoms with van der Waals surface area (Å²) in [5.74, 6) is 0.480. The van der Waals surface area contributed by atoms with Crippen LogP contribution in [0.2, 0.25) is 10.0 Å². The molecule has 1 aliphatic heterocycles. The Bertz CT molecular complexity index is 1570. The predicted molar refractivity (Wildman–Crippen MR) is 171 cm³/mol. The molecule has 2 amide bonds. The normalized spacial score (nSPS) is 15.3. The lowest BCUT2D eigenvalue weighted by atomic mass is 9.95. The van der Waals surface area contributed by atoms with E-state index in [1.807, 2.05) is 31.2 Å². The number of nitrogens with zero attached hydrogens (tertiary/aromatic N) is 1. The van der Waals surface area contributed by atoms with E-state index in [4.69, 9.17) is 42.1 Å². The van der Waals surface area contributed by atoms with Crippen LogP contribution < -0.4 is 30.3 Å². The molecule has 0 aliphatic carbocycles. The number of aryl methyl sites for hydroxylation is 1. The van der Waals surface area contributed by atoms with Crippen LogP contribution in [0.3, 0.4) is 0 Å². The van der Waals surface area contributed by atoms with Crippen LogP contribution >= 0.6 is 23.2 Å². The molecule has 3 aromatic carbocycles. The smallest absolute Gasteiger partial charge is 0.337 e. The fraction of sp³-hybridized carbons (Fsp3) is 0.281. The molecule has 0 fully saturated rings. The highest BCUT2D eigenvalue weighted by molar-refractivity contribution is 6.37. The maximum absolute atomic E-state index is 12.4. The molecule has 1 heterocycles. The van der Waals surface area contributed by atoms with Crippen molar-refractivity contribution in [2.45, 2.75) is 39.6 Å². The van der Waals surface area contributed by atoms with E-state index in [0.717, 1.165) is 11.1 Å². The van der Waals surface area contributed by atoms with Crippen LogP contribution in [-0.2, 0) is 16.1 Å². The number of allylic oxidation sites excluding steroid dienone is 1. The average Bonchev–Trinajstić information content (AvgIpc) is 3.00. The van der Waals surface area contributed by atoms with Crippen LogP contribution in [0.5, 0.6) is 17.2 Å². The number of amides is 2. The summed E-state index contributed by atoms with van der Waals surface area (Å²) < 4.78 is 22.3. The lowest BCUT2D eigenvalue weighted by Crippen LogP contribution is -2.45. The second-order valence-electron chi connectivity index (χ2n) is 10.0. The van der Waals surface area contributed by atoms with Crippen molar-refractivity contribution < 1.29 is 33.6 Å². The van der Waals surface area contributed by atoms with Gasteiger partial charge in [0.25, 0.3) is 0 Å². The molecular formula is C32H34Cl2N4O7. The van der Waals surface area contributed by atoms with Crippen molar-refractivity contribution >= 4 is 41.4 Å². The van der Waals surface area contributed by atoms with E-state index < -0.39 is 24.3 Å². The largest absolute Gasteiger partial charge is 0.490 e. The number of esters is 1. The number of hydrazone groups is 1. The van der Waals surface area contributed by atoms with Gasteiger partial charge in [-0.15, -0.1) is 0 Å². The van der Waals surface area contributed by atoms with Gasteiger partial charge in [-0.2, -0.15) is 5.10 Å². The van der Waals surface area contributed by atoms with Gasteiger partial charge < -0.3 is 34.7 Å². The Morgan fingerprint density at radius 3 is 2.42 bits per heavy atom. The van der Waals surface area contributed by atoms with Gasteiger partial charge in [0.05, 0.1) is 41.6 Å². The average molecular weight is 658 g/mol. The van der Waals surface area contributed by atoms with E-state index in [-0.39, 0.29) is 12.2 Å². The number of carbonyl (C=O) groups is 2. The second-order valence-corrected chi connectivity index (χ2v) is 10.8. The van der Waals surface area contributed by atoms with Crippen LogP contribution in [-0.4, -0.2) is 49.9 Å². The number of halogens is 2. The SMILES string of the molecule is CCOc1cc([C@H]2NC(=O)NC(C)=C2C(=O)OC)ccc1OC[C@H](O)N/N=C\c1cc(Cl)c(OCc2ccc(C)cc2)c(Cl)c1. The number of carbonyl (C=O) groups excluding carboxylic acids is 2. The highest BCUT2D eigenvalue weighted by Crippen LogP contribution is 2.36. The number of aliphatic hydroxyl groups is 1. The zero-order valence-corrected chi connectivity index (χ0v) is 26.7. The molecule has 2 atom stereocenters. The van der Waals surface area contributed by atoms with Crippen LogP contribution in [0, 0.1) is 6.92 Å². The predicted octanol–water partition coefficient (Wildman–Crippen LogP) is 5.40. The van der Waals surface area contributed by atoms with E-state index in [1.165, 1.54) is 13.3 Å². The maximum Gasteiger partial charge on any atom is 0.337 e. The molecular weight excluding hydrogens is 623 g/mol. The number of benzene rings is 3. The first-order valence-electron chi connectivity index (χ1n) is 14.0. The fourth-order valence-electron chi connectivity index (χ4n) is 4.45. The van der Waals surface area contributed by atoms with Crippen molar-refractivity contribution in [1.29, 1.82) is 0 Å². The molecule has 4 rings (SSSR count). The highest BCUT2D eigenvalue weighted by Gasteiger charge is 2.32. The van der Waals surface area contributed by atoms with Gasteiger partial charge in [-0.3, -0.25) is 5.43 Å². The summed E-state index contributed by atoms with van der Waals surface area (Å²) in [5.41, 5.74) is 6.53. The first-order valence-corrected chi connectivity index (χ1v) is 14.7. The van der Waals surface area contributed by atoms with Gasteiger partial charge in [-0.25, -0.2) is 9.59 Å². The van der Waals surface area contributed by atoms with Crippen molar-refractivity contribution in [3.05, 3.63) is 98.2 Å². The molecule has 0 unspecified atom stereocenters. The van der Waals surface area contributed by atoms with Crippen LogP contribution in [0.15, 0.2) is 71.0 Å². The molecule has 0 radical (unpaired) electrons. The number of urea groups is 1. The Morgan fingerprint density at radius 1 is 1.04 bits per heavy atom. The van der Waals surface area contributed by atoms with E-state index in [9.17, 15) is 14.7 Å². The number of hydrogen-bond donors (Lipinski definition) is 4. The third-order valence-corrected chi connectivity index (χ3v) is 7.20. The lowest BCUT2D eigenvalue weighted by Gasteiger charge is -2.28. The van der Waals surface area contributed by atoms with Crippen LogP contribution in [0.25, 0.3) is 0 Å². The molecule has 3 aromatic rings. The van der Waals surface area contributed by atoms with E-state index in [0.29, 0.717) is 57.3 Å². The van der Waals surface area contributed by atoms with E-state index in [2.05, 4.69) is 21.2 Å². The van der Waals surface area contributed by atoms with Crippen molar-refractivity contribution in [2.75, 3.05) is 20.3 Å². The second kappa shape index (κ2) is 15.5. The third-order valence-electron chi connectivity index (χ3n) is 6.63. The van der Waals surface area contributed by atoms with E-state index in [1.54, 1.807) is 44.2 Å². The molecule has 0 bridgehead atoms. The summed E-state index contributed by atoms with van der Waals surface area (Å²) in [4.78, 5) is 24.6. The van der Waals surface area contributed by atoms with Gasteiger partial charge >= 0.3 is 12.0 Å². The molecule has 4 N–H and O–H groups in total. The van der Waals surface area contributed by atoms with Gasteiger partial charge in [0.15, 0.2) is 23.5 Å².